The van der Waals surface area contributed by atoms with Crippen LogP contribution in [0.5, 0.6) is 5.75 Å². The van der Waals surface area contributed by atoms with Gasteiger partial charge in [-0.05, 0) is 41.8 Å². The lowest BCUT2D eigenvalue weighted by molar-refractivity contribution is 0.276. The van der Waals surface area contributed by atoms with Crippen molar-refractivity contribution >= 4 is 33.0 Å². The van der Waals surface area contributed by atoms with Crippen LogP contribution < -0.4 is 4.74 Å². The number of nitrogens with one attached hydrogen (secondary N) is 1. The molecule has 1 aliphatic rings. The molecule has 3 aromatic carbocycles. The van der Waals surface area contributed by atoms with Crippen LogP contribution in [0.25, 0.3) is 15.8 Å². The Bertz CT molecular complexity index is 1260. The molecule has 160 valence electrons. The highest BCUT2D eigenvalue weighted by Crippen LogP contribution is 2.42. The highest BCUT2D eigenvalue weighted by atomic mass is 32.1. The molecule has 1 aliphatic heterocycles. The lowest BCUT2D eigenvalue weighted by Crippen LogP contribution is -2.31. The number of methoxy groups -OCH3 is 1. The van der Waals surface area contributed by atoms with Crippen LogP contribution in [0.15, 0.2) is 84.6 Å². The second-order valence-electron chi connectivity index (χ2n) is 7.70. The van der Waals surface area contributed by atoms with Crippen molar-refractivity contribution in [2.24, 2.45) is 0 Å². The zero-order valence-electron chi connectivity index (χ0n) is 17.7. The number of rotatable bonds is 6. The first-order valence-electron chi connectivity index (χ1n) is 10.5. The summed E-state index contributed by atoms with van der Waals surface area (Å²) in [4.78, 5) is 6.68. The Morgan fingerprint density at radius 2 is 1.72 bits per heavy atom. The van der Waals surface area contributed by atoms with Gasteiger partial charge in [-0.25, -0.2) is 4.98 Å². The maximum Gasteiger partial charge on any atom is 0.135 e. The first kappa shape index (κ1) is 20.3. The molecule has 6 heteroatoms. The summed E-state index contributed by atoms with van der Waals surface area (Å²) in [5.74, 6) is 1.32. The minimum absolute atomic E-state index is 0.190. The van der Waals surface area contributed by atoms with Gasteiger partial charge in [0, 0.05) is 6.54 Å². The molecular formula is C26H23N3O2S. The van der Waals surface area contributed by atoms with Crippen molar-refractivity contribution in [2.45, 2.75) is 12.5 Å². The zero-order chi connectivity index (χ0) is 22.1. The summed E-state index contributed by atoms with van der Waals surface area (Å²) < 4.78 is 6.30. The van der Waals surface area contributed by atoms with E-state index in [-0.39, 0.29) is 5.76 Å². The third-order valence-electron chi connectivity index (χ3n) is 5.77. The summed E-state index contributed by atoms with van der Waals surface area (Å²) >= 11 is 1.51. The highest BCUT2D eigenvalue weighted by Gasteiger charge is 2.39. The Labute approximate surface area is 190 Å². The fraction of sp³-hybridized carbons (Fsp3) is 0.154. The second kappa shape index (κ2) is 8.48. The molecule has 0 saturated heterocycles. The Kier molecular flexibility index (Phi) is 5.37. The Morgan fingerprint density at radius 1 is 1.00 bits per heavy atom. The van der Waals surface area contributed by atoms with Gasteiger partial charge < -0.3 is 14.7 Å². The number of aliphatic hydroxyl groups is 1. The minimum Gasteiger partial charge on any atom is -0.509 e. The maximum atomic E-state index is 11.3. The van der Waals surface area contributed by atoms with Crippen molar-refractivity contribution in [1.29, 1.82) is 5.41 Å². The highest BCUT2D eigenvalue weighted by molar-refractivity contribution is 7.19. The van der Waals surface area contributed by atoms with E-state index in [1.165, 1.54) is 11.3 Å². The van der Waals surface area contributed by atoms with Gasteiger partial charge in [-0.1, -0.05) is 54.6 Å². The van der Waals surface area contributed by atoms with Crippen LogP contribution in [0, 0.1) is 5.41 Å². The molecule has 2 heterocycles. The third kappa shape index (κ3) is 3.63. The average molecular weight is 442 g/mol. The van der Waals surface area contributed by atoms with Crippen LogP contribution >= 0.6 is 11.3 Å². The molecular weight excluding hydrogens is 418 g/mol. The maximum absolute atomic E-state index is 11.3. The van der Waals surface area contributed by atoms with E-state index in [1.54, 1.807) is 7.11 Å². The third-order valence-corrected chi connectivity index (χ3v) is 6.83. The topological polar surface area (TPSA) is 69.4 Å². The normalized spacial score (nSPS) is 16.2. The molecule has 0 amide bonds. The van der Waals surface area contributed by atoms with Crippen molar-refractivity contribution in [2.75, 3.05) is 13.7 Å². The van der Waals surface area contributed by atoms with Crippen LogP contribution in [0.3, 0.4) is 0 Å². The minimum atomic E-state index is -0.399. The number of ether oxygens (including phenoxy) is 1. The van der Waals surface area contributed by atoms with Crippen molar-refractivity contribution in [3.63, 3.8) is 0 Å². The van der Waals surface area contributed by atoms with Gasteiger partial charge in [0.1, 0.15) is 28.4 Å². The van der Waals surface area contributed by atoms with E-state index in [2.05, 4.69) is 0 Å². The predicted octanol–water partition coefficient (Wildman–Crippen LogP) is 5.85. The second-order valence-corrected chi connectivity index (χ2v) is 8.73. The Hall–Kier alpha value is -3.64. The van der Waals surface area contributed by atoms with Crippen molar-refractivity contribution in [3.05, 3.63) is 101 Å². The van der Waals surface area contributed by atoms with Gasteiger partial charge in [0.25, 0.3) is 0 Å². The quantitative estimate of drug-likeness (QED) is 0.394. The first-order chi connectivity index (χ1) is 15.7. The summed E-state index contributed by atoms with van der Waals surface area (Å²) in [6, 6.07) is 25.4. The number of fused-ring (bicyclic) bond motifs is 1. The molecule has 0 saturated carbocycles. The Morgan fingerprint density at radius 3 is 2.44 bits per heavy atom. The monoisotopic (exact) mass is 441 g/mol. The first-order valence-corrected chi connectivity index (χ1v) is 11.3. The molecule has 0 radical (unpaired) electrons. The molecule has 32 heavy (non-hydrogen) atoms. The molecule has 0 fully saturated rings. The molecule has 0 spiro atoms. The van der Waals surface area contributed by atoms with Crippen LogP contribution in [0.1, 0.15) is 22.2 Å². The van der Waals surface area contributed by atoms with Gasteiger partial charge in [0.15, 0.2) is 0 Å². The molecule has 5 rings (SSSR count). The predicted molar refractivity (Wildman–Crippen MR) is 129 cm³/mol. The molecule has 0 aliphatic carbocycles. The average Bonchev–Trinajstić information content (AvgIpc) is 3.36. The number of amidine groups is 1. The van der Waals surface area contributed by atoms with Gasteiger partial charge in [-0.2, -0.15) is 0 Å². The number of para-hydroxylation sites is 1. The lowest BCUT2D eigenvalue weighted by atomic mass is 10.0. The molecule has 4 aromatic rings. The number of thiazole rings is 1. The van der Waals surface area contributed by atoms with Crippen molar-refractivity contribution < 1.29 is 9.84 Å². The summed E-state index contributed by atoms with van der Waals surface area (Å²) in [7, 11) is 1.66. The number of hydrogen-bond acceptors (Lipinski definition) is 5. The molecule has 5 nitrogen and oxygen atoms in total. The fourth-order valence-corrected chi connectivity index (χ4v) is 5.14. The van der Waals surface area contributed by atoms with Gasteiger partial charge in [-0.3, -0.25) is 5.41 Å². The number of benzene rings is 3. The van der Waals surface area contributed by atoms with E-state index in [0.717, 1.165) is 33.5 Å². The van der Waals surface area contributed by atoms with E-state index in [0.29, 0.717) is 23.0 Å². The van der Waals surface area contributed by atoms with Crippen molar-refractivity contribution in [1.82, 2.24) is 9.88 Å². The van der Waals surface area contributed by atoms with Gasteiger partial charge >= 0.3 is 0 Å². The molecule has 2 N–H and O–H groups in total. The standard InChI is InChI=1S/C26H23N3O2S/c1-31-19-13-11-17(12-14-19)15-16-29-23(18-7-3-2-4-8-18)24(30)22(25(29)27)26-28-20-9-5-6-10-21(20)32-26/h2-14,23,27,30H,15-16H2,1H3. The largest absolute Gasteiger partial charge is 0.509 e. The summed E-state index contributed by atoms with van der Waals surface area (Å²) in [6.45, 7) is 0.600. The van der Waals surface area contributed by atoms with Crippen LogP contribution in [0.2, 0.25) is 0 Å². The van der Waals surface area contributed by atoms with E-state index in [4.69, 9.17) is 15.1 Å². The van der Waals surface area contributed by atoms with E-state index in [9.17, 15) is 5.11 Å². The number of aliphatic hydroxyl groups excluding tert-OH is 1. The van der Waals surface area contributed by atoms with E-state index in [1.807, 2.05) is 83.8 Å². The van der Waals surface area contributed by atoms with Crippen LogP contribution in [0.4, 0.5) is 0 Å². The summed E-state index contributed by atoms with van der Waals surface area (Å²) in [5, 5.41) is 21.0. The van der Waals surface area contributed by atoms with Gasteiger partial charge in [0.2, 0.25) is 0 Å². The molecule has 1 atom stereocenters. The smallest absolute Gasteiger partial charge is 0.135 e. The van der Waals surface area contributed by atoms with Gasteiger partial charge in [-0.15, -0.1) is 11.3 Å². The SMILES string of the molecule is COc1ccc(CCN2C(=N)C(c3nc4ccccc4s3)=C(O)C2c2ccccc2)cc1. The number of aromatic nitrogens is 1. The number of nitrogens with zero attached hydrogens (tertiary/aromatic N) is 2. The molecule has 0 bridgehead atoms. The Balaban J connectivity index is 1.50. The lowest BCUT2D eigenvalue weighted by Gasteiger charge is -2.27. The fourth-order valence-electron chi connectivity index (χ4n) is 4.12. The van der Waals surface area contributed by atoms with E-state index < -0.39 is 6.04 Å². The van der Waals surface area contributed by atoms with Crippen LogP contribution in [-0.4, -0.2) is 34.5 Å². The van der Waals surface area contributed by atoms with Crippen molar-refractivity contribution in [3.8, 4) is 5.75 Å². The zero-order valence-corrected chi connectivity index (χ0v) is 18.5. The molecule has 1 aromatic heterocycles. The van der Waals surface area contributed by atoms with Crippen LogP contribution in [-0.2, 0) is 6.42 Å². The summed E-state index contributed by atoms with van der Waals surface area (Å²) in [6.07, 6.45) is 0.746. The van der Waals surface area contributed by atoms with Gasteiger partial charge in [0.05, 0.1) is 22.9 Å². The van der Waals surface area contributed by atoms with E-state index >= 15 is 0 Å². The summed E-state index contributed by atoms with van der Waals surface area (Å²) in [5.41, 5.74) is 3.52. The number of hydrogen-bond donors (Lipinski definition) is 2. The molecule has 1 unspecified atom stereocenters.